The summed E-state index contributed by atoms with van der Waals surface area (Å²) in [5.41, 5.74) is 2.22. The van der Waals surface area contributed by atoms with Crippen LogP contribution in [0.4, 0.5) is 0 Å². The predicted molar refractivity (Wildman–Crippen MR) is 83.1 cm³/mol. The fraction of sp³-hybridized carbons (Fsp3) is 0.588. The number of hydrogen-bond donors (Lipinski definition) is 1. The number of nitrogens with zero attached hydrogens (tertiary/aromatic N) is 1. The summed E-state index contributed by atoms with van der Waals surface area (Å²) in [7, 11) is 2.09. The molecule has 2 rings (SSSR count). The first kappa shape index (κ1) is 15.0. The van der Waals surface area contributed by atoms with Gasteiger partial charge in [-0.2, -0.15) is 0 Å². The highest BCUT2D eigenvalue weighted by Gasteiger charge is 2.22. The molecule has 20 heavy (non-hydrogen) atoms. The Morgan fingerprint density at radius 3 is 2.50 bits per heavy atom. The van der Waals surface area contributed by atoms with Crippen LogP contribution < -0.4 is 5.32 Å². The summed E-state index contributed by atoms with van der Waals surface area (Å²) in [6.45, 7) is 8.67. The van der Waals surface area contributed by atoms with Crippen LogP contribution in [0.3, 0.4) is 0 Å². The van der Waals surface area contributed by atoms with Crippen LogP contribution in [-0.2, 0) is 5.41 Å². The second kappa shape index (κ2) is 5.96. The number of nitrogens with one attached hydrogen (secondary N) is 1. The van der Waals surface area contributed by atoms with Gasteiger partial charge >= 0.3 is 0 Å². The second-order valence-corrected chi connectivity index (χ2v) is 6.54. The van der Waals surface area contributed by atoms with E-state index in [1.807, 2.05) is 12.1 Å². The highest BCUT2D eigenvalue weighted by Crippen LogP contribution is 2.26. The van der Waals surface area contributed by atoms with Crippen molar-refractivity contribution in [3.63, 3.8) is 0 Å². The van der Waals surface area contributed by atoms with Crippen LogP contribution in [0.25, 0.3) is 0 Å². The van der Waals surface area contributed by atoms with Crippen LogP contribution in [0.15, 0.2) is 24.3 Å². The Kier molecular flexibility index (Phi) is 4.48. The minimum Gasteiger partial charge on any atom is -0.348 e. The summed E-state index contributed by atoms with van der Waals surface area (Å²) >= 11 is 0. The molecule has 1 N–H and O–H groups in total. The van der Waals surface area contributed by atoms with Crippen LogP contribution in [0.2, 0.25) is 0 Å². The second-order valence-electron chi connectivity index (χ2n) is 6.54. The summed E-state index contributed by atoms with van der Waals surface area (Å²) in [6.07, 6.45) is 2.14. The largest absolute Gasteiger partial charge is 0.348 e. The first-order chi connectivity index (χ1) is 9.42. The molecule has 0 bridgehead atoms. The molecule has 1 aromatic rings. The molecule has 1 saturated heterocycles. The van der Waals surface area contributed by atoms with Gasteiger partial charge in [-0.1, -0.05) is 32.9 Å². The number of benzene rings is 1. The smallest absolute Gasteiger partial charge is 0.251 e. The number of likely N-dealkylation sites (tertiary alicyclic amines) is 1. The predicted octanol–water partition coefficient (Wildman–Crippen LogP) is 2.81. The van der Waals surface area contributed by atoms with E-state index >= 15 is 0 Å². The number of carbonyl (C=O) groups excluding carboxylic acids is 1. The molecule has 0 saturated carbocycles. The summed E-state index contributed by atoms with van der Waals surface area (Å²) in [5, 5.41) is 3.12. The number of hydrogen-bond acceptors (Lipinski definition) is 2. The normalized spacial score (nSPS) is 20.1. The number of likely N-dealkylation sites (N-methyl/N-ethyl adjacent to an activating group) is 1. The zero-order valence-electron chi connectivity index (χ0n) is 13.1. The molecule has 0 spiro atoms. The van der Waals surface area contributed by atoms with Crippen LogP contribution >= 0.6 is 0 Å². The van der Waals surface area contributed by atoms with E-state index in [2.05, 4.69) is 50.2 Å². The van der Waals surface area contributed by atoms with E-state index in [9.17, 15) is 4.79 Å². The van der Waals surface area contributed by atoms with E-state index in [0.717, 1.165) is 31.5 Å². The summed E-state index contributed by atoms with van der Waals surface area (Å²) in [5.74, 6) is 0.0474. The van der Waals surface area contributed by atoms with Crippen LogP contribution in [0.5, 0.6) is 0 Å². The maximum Gasteiger partial charge on any atom is 0.251 e. The summed E-state index contributed by atoms with van der Waals surface area (Å²) < 4.78 is 0. The third-order valence-electron chi connectivity index (χ3n) is 4.54. The Balaban J connectivity index is 2.01. The van der Waals surface area contributed by atoms with Crippen molar-refractivity contribution in [3.8, 4) is 0 Å². The average Bonchev–Trinajstić information content (AvgIpc) is 2.84. The molecule has 1 aliphatic heterocycles. The van der Waals surface area contributed by atoms with Crippen LogP contribution in [-0.4, -0.2) is 37.0 Å². The van der Waals surface area contributed by atoms with E-state index < -0.39 is 0 Å². The molecule has 3 nitrogen and oxygen atoms in total. The Bertz CT molecular complexity index is 464. The molecule has 1 fully saturated rings. The SMILES string of the molecule is CCC(C)(C)c1ccc(C(=O)NC2CCN(C)C2)cc1. The highest BCUT2D eigenvalue weighted by atomic mass is 16.1. The molecule has 0 aliphatic carbocycles. The topological polar surface area (TPSA) is 32.3 Å². The van der Waals surface area contributed by atoms with Crippen LogP contribution in [0.1, 0.15) is 49.5 Å². The van der Waals surface area contributed by atoms with Crippen molar-refractivity contribution in [2.75, 3.05) is 20.1 Å². The summed E-state index contributed by atoms with van der Waals surface area (Å²) in [4.78, 5) is 14.5. The summed E-state index contributed by atoms with van der Waals surface area (Å²) in [6, 6.07) is 8.35. The molecule has 0 aromatic heterocycles. The zero-order valence-corrected chi connectivity index (χ0v) is 13.1. The maximum absolute atomic E-state index is 12.2. The van der Waals surface area contributed by atoms with E-state index in [1.54, 1.807) is 0 Å². The molecule has 1 unspecified atom stereocenters. The fourth-order valence-electron chi connectivity index (χ4n) is 2.60. The lowest BCUT2D eigenvalue weighted by Crippen LogP contribution is -2.36. The van der Waals surface area contributed by atoms with Crippen molar-refractivity contribution >= 4 is 5.91 Å². The van der Waals surface area contributed by atoms with E-state index in [1.165, 1.54) is 5.56 Å². The van der Waals surface area contributed by atoms with Gasteiger partial charge in [0, 0.05) is 18.2 Å². The van der Waals surface area contributed by atoms with Crippen molar-refractivity contribution in [2.45, 2.75) is 45.1 Å². The van der Waals surface area contributed by atoms with Crippen LogP contribution in [0, 0.1) is 0 Å². The van der Waals surface area contributed by atoms with Crippen molar-refractivity contribution in [1.82, 2.24) is 10.2 Å². The van der Waals surface area contributed by atoms with Crippen molar-refractivity contribution < 1.29 is 4.79 Å². The molecule has 1 atom stereocenters. The molecule has 3 heteroatoms. The fourth-order valence-corrected chi connectivity index (χ4v) is 2.60. The monoisotopic (exact) mass is 274 g/mol. The van der Waals surface area contributed by atoms with Gasteiger partial charge in [0.25, 0.3) is 5.91 Å². The van der Waals surface area contributed by atoms with Crippen molar-refractivity contribution in [1.29, 1.82) is 0 Å². The molecular formula is C17H26N2O. The van der Waals surface area contributed by atoms with Crippen molar-refractivity contribution in [2.24, 2.45) is 0 Å². The van der Waals surface area contributed by atoms with Gasteiger partial charge in [-0.3, -0.25) is 4.79 Å². The lowest BCUT2D eigenvalue weighted by atomic mass is 9.82. The van der Waals surface area contributed by atoms with E-state index in [4.69, 9.17) is 0 Å². The van der Waals surface area contributed by atoms with Gasteiger partial charge in [0.05, 0.1) is 0 Å². The third-order valence-corrected chi connectivity index (χ3v) is 4.54. The van der Waals surface area contributed by atoms with Crippen molar-refractivity contribution in [3.05, 3.63) is 35.4 Å². The van der Waals surface area contributed by atoms with E-state index in [0.29, 0.717) is 6.04 Å². The minimum absolute atomic E-state index is 0.0474. The molecule has 0 radical (unpaired) electrons. The molecule has 1 aliphatic rings. The Morgan fingerprint density at radius 1 is 1.35 bits per heavy atom. The number of amides is 1. The average molecular weight is 274 g/mol. The van der Waals surface area contributed by atoms with E-state index in [-0.39, 0.29) is 11.3 Å². The van der Waals surface area contributed by atoms with Gasteiger partial charge in [0.2, 0.25) is 0 Å². The third kappa shape index (κ3) is 3.40. The Morgan fingerprint density at radius 2 is 2.00 bits per heavy atom. The van der Waals surface area contributed by atoms with Gasteiger partial charge in [-0.25, -0.2) is 0 Å². The first-order valence-electron chi connectivity index (χ1n) is 7.52. The standard InChI is InChI=1S/C17H26N2O/c1-5-17(2,3)14-8-6-13(7-9-14)16(20)18-15-10-11-19(4)12-15/h6-9,15H,5,10-12H2,1-4H3,(H,18,20). The quantitative estimate of drug-likeness (QED) is 0.915. The molecule has 1 aromatic carbocycles. The first-order valence-corrected chi connectivity index (χ1v) is 7.52. The number of carbonyl (C=O) groups is 1. The van der Waals surface area contributed by atoms with Gasteiger partial charge in [0.15, 0.2) is 0 Å². The van der Waals surface area contributed by atoms with Gasteiger partial charge < -0.3 is 10.2 Å². The zero-order chi connectivity index (χ0) is 14.8. The lowest BCUT2D eigenvalue weighted by molar-refractivity contribution is 0.0938. The Hall–Kier alpha value is -1.35. The van der Waals surface area contributed by atoms with Gasteiger partial charge in [0.1, 0.15) is 0 Å². The molecular weight excluding hydrogens is 248 g/mol. The van der Waals surface area contributed by atoms with Gasteiger partial charge in [-0.05, 0) is 49.5 Å². The lowest BCUT2D eigenvalue weighted by Gasteiger charge is -2.23. The minimum atomic E-state index is 0.0474. The maximum atomic E-state index is 12.2. The molecule has 110 valence electrons. The Labute approximate surface area is 122 Å². The molecule has 1 heterocycles. The van der Waals surface area contributed by atoms with Gasteiger partial charge in [-0.15, -0.1) is 0 Å². The number of rotatable bonds is 4. The molecule has 1 amide bonds. The highest BCUT2D eigenvalue weighted by molar-refractivity contribution is 5.94.